The maximum Gasteiger partial charge on any atom is 0.191 e. The summed E-state index contributed by atoms with van der Waals surface area (Å²) in [6, 6.07) is 14.2. The molecule has 168 valence electrons. The normalized spacial score (nSPS) is 16.3. The first-order valence-electron chi connectivity index (χ1n) is 10.6. The summed E-state index contributed by atoms with van der Waals surface area (Å²) in [7, 11) is -2.03. The van der Waals surface area contributed by atoms with Gasteiger partial charge in [0.2, 0.25) is 0 Å². The van der Waals surface area contributed by atoms with Gasteiger partial charge in [0, 0.05) is 39.3 Å². The maximum absolute atomic E-state index is 13.8. The molecule has 8 heteroatoms. The standard InChI is InChI=1S/C23H31FN4O2S/c1-18-7-3-4-8-19(18)17-28-14-11-20(12-15-28)27-23(25-2)26-13-16-31(29,30)22-10-6-5-9-21(22)24/h3-10,20H,11-17H2,1-2H3,(H2,25,26,27). The summed E-state index contributed by atoms with van der Waals surface area (Å²) >= 11 is 0. The molecule has 0 atom stereocenters. The van der Waals surface area contributed by atoms with Crippen LogP contribution in [0.2, 0.25) is 0 Å². The maximum atomic E-state index is 13.8. The van der Waals surface area contributed by atoms with Crippen molar-refractivity contribution in [3.63, 3.8) is 0 Å². The molecular weight excluding hydrogens is 415 g/mol. The van der Waals surface area contributed by atoms with Crippen molar-refractivity contribution in [3.05, 3.63) is 65.5 Å². The van der Waals surface area contributed by atoms with Gasteiger partial charge in [0.15, 0.2) is 15.8 Å². The van der Waals surface area contributed by atoms with E-state index in [4.69, 9.17) is 0 Å². The van der Waals surface area contributed by atoms with Gasteiger partial charge >= 0.3 is 0 Å². The molecule has 0 saturated carbocycles. The Kier molecular flexibility index (Phi) is 8.03. The van der Waals surface area contributed by atoms with Gasteiger partial charge in [-0.1, -0.05) is 36.4 Å². The fourth-order valence-electron chi connectivity index (χ4n) is 3.76. The number of nitrogens with zero attached hydrogens (tertiary/aromatic N) is 2. The van der Waals surface area contributed by atoms with Gasteiger partial charge in [-0.15, -0.1) is 0 Å². The second-order valence-corrected chi connectivity index (χ2v) is 9.95. The summed E-state index contributed by atoms with van der Waals surface area (Å²) in [6.07, 6.45) is 1.97. The highest BCUT2D eigenvalue weighted by Crippen LogP contribution is 2.17. The van der Waals surface area contributed by atoms with Gasteiger partial charge in [-0.3, -0.25) is 9.89 Å². The van der Waals surface area contributed by atoms with E-state index in [1.807, 2.05) is 0 Å². The molecule has 1 aliphatic heterocycles. The number of hydrogen-bond acceptors (Lipinski definition) is 4. The summed E-state index contributed by atoms with van der Waals surface area (Å²) in [5.41, 5.74) is 2.68. The summed E-state index contributed by atoms with van der Waals surface area (Å²) in [5, 5.41) is 6.43. The first kappa shape index (κ1) is 23.2. The van der Waals surface area contributed by atoms with Crippen molar-refractivity contribution in [2.45, 2.75) is 37.2 Å². The lowest BCUT2D eigenvalue weighted by molar-refractivity contribution is 0.198. The van der Waals surface area contributed by atoms with Gasteiger partial charge in [-0.25, -0.2) is 12.8 Å². The molecule has 6 nitrogen and oxygen atoms in total. The number of hydrogen-bond donors (Lipinski definition) is 2. The number of guanidine groups is 1. The van der Waals surface area contributed by atoms with E-state index in [0.29, 0.717) is 5.96 Å². The molecule has 1 fully saturated rings. The van der Waals surface area contributed by atoms with Crippen LogP contribution in [0, 0.1) is 12.7 Å². The molecule has 0 bridgehead atoms. The van der Waals surface area contributed by atoms with E-state index in [2.05, 4.69) is 51.7 Å². The van der Waals surface area contributed by atoms with Crippen molar-refractivity contribution in [2.24, 2.45) is 4.99 Å². The molecule has 0 spiro atoms. The molecule has 3 rings (SSSR count). The van der Waals surface area contributed by atoms with Crippen LogP contribution < -0.4 is 10.6 Å². The molecule has 0 aliphatic carbocycles. The number of rotatable bonds is 7. The Bertz CT molecular complexity index is 1000. The minimum absolute atomic E-state index is 0.155. The fraction of sp³-hybridized carbons (Fsp3) is 0.435. The van der Waals surface area contributed by atoms with Crippen molar-refractivity contribution in [3.8, 4) is 0 Å². The number of likely N-dealkylation sites (tertiary alicyclic amines) is 1. The predicted octanol–water partition coefficient (Wildman–Crippen LogP) is 2.74. The third-order valence-corrected chi connectivity index (χ3v) is 7.38. The number of sulfone groups is 1. The number of piperidine rings is 1. The van der Waals surface area contributed by atoms with Crippen LogP contribution in [0.3, 0.4) is 0 Å². The number of halogens is 1. The molecule has 0 amide bonds. The lowest BCUT2D eigenvalue weighted by Crippen LogP contribution is -2.49. The first-order chi connectivity index (χ1) is 14.9. The van der Waals surface area contributed by atoms with E-state index < -0.39 is 15.7 Å². The summed E-state index contributed by atoms with van der Waals surface area (Å²) in [6.45, 7) is 5.24. The Morgan fingerprint density at radius 1 is 1.13 bits per heavy atom. The van der Waals surface area contributed by atoms with E-state index >= 15 is 0 Å². The van der Waals surface area contributed by atoms with Crippen molar-refractivity contribution >= 4 is 15.8 Å². The quantitative estimate of drug-likeness (QED) is 0.505. The summed E-state index contributed by atoms with van der Waals surface area (Å²) in [4.78, 5) is 6.40. The van der Waals surface area contributed by atoms with Gasteiger partial charge in [-0.2, -0.15) is 0 Å². The average Bonchev–Trinajstić information content (AvgIpc) is 2.76. The predicted molar refractivity (Wildman–Crippen MR) is 122 cm³/mol. The molecule has 2 N–H and O–H groups in total. The Labute approximate surface area is 184 Å². The largest absolute Gasteiger partial charge is 0.355 e. The SMILES string of the molecule is CN=C(NCCS(=O)(=O)c1ccccc1F)NC1CCN(Cc2ccccc2C)CC1. The highest BCUT2D eigenvalue weighted by molar-refractivity contribution is 7.91. The van der Waals surface area contributed by atoms with Gasteiger partial charge < -0.3 is 10.6 Å². The third-order valence-electron chi connectivity index (χ3n) is 5.64. The molecule has 0 unspecified atom stereocenters. The average molecular weight is 447 g/mol. The zero-order valence-electron chi connectivity index (χ0n) is 18.1. The molecule has 0 radical (unpaired) electrons. The lowest BCUT2D eigenvalue weighted by Gasteiger charge is -2.33. The molecule has 0 aromatic heterocycles. The molecule has 1 heterocycles. The zero-order valence-corrected chi connectivity index (χ0v) is 19.0. The molecule has 1 saturated heterocycles. The Morgan fingerprint density at radius 2 is 1.81 bits per heavy atom. The summed E-state index contributed by atoms with van der Waals surface area (Å²) < 4.78 is 38.6. The first-order valence-corrected chi connectivity index (χ1v) is 12.3. The molecule has 1 aliphatic rings. The zero-order chi connectivity index (χ0) is 22.3. The van der Waals surface area contributed by atoms with E-state index in [9.17, 15) is 12.8 Å². The van der Waals surface area contributed by atoms with E-state index in [1.54, 1.807) is 7.05 Å². The highest BCUT2D eigenvalue weighted by atomic mass is 32.2. The van der Waals surface area contributed by atoms with Crippen LogP contribution in [0.25, 0.3) is 0 Å². The van der Waals surface area contributed by atoms with Crippen molar-refractivity contribution in [1.29, 1.82) is 0 Å². The second-order valence-electron chi connectivity index (χ2n) is 7.87. The molecule has 2 aromatic carbocycles. The van der Waals surface area contributed by atoms with Gasteiger partial charge in [0.25, 0.3) is 0 Å². The van der Waals surface area contributed by atoms with Gasteiger partial charge in [0.1, 0.15) is 10.7 Å². The number of benzene rings is 2. The monoisotopic (exact) mass is 446 g/mol. The fourth-order valence-corrected chi connectivity index (χ4v) is 5.00. The van der Waals surface area contributed by atoms with Crippen LogP contribution >= 0.6 is 0 Å². The van der Waals surface area contributed by atoms with Crippen molar-refractivity contribution in [1.82, 2.24) is 15.5 Å². The number of nitrogens with one attached hydrogen (secondary N) is 2. The van der Waals surface area contributed by atoms with Gasteiger partial charge in [-0.05, 0) is 43.0 Å². The van der Waals surface area contributed by atoms with Crippen LogP contribution in [0.1, 0.15) is 24.0 Å². The third kappa shape index (κ3) is 6.51. The van der Waals surface area contributed by atoms with Crippen molar-refractivity contribution in [2.75, 3.05) is 32.4 Å². The molecule has 31 heavy (non-hydrogen) atoms. The van der Waals surface area contributed by atoms with E-state index in [1.165, 1.54) is 29.3 Å². The Morgan fingerprint density at radius 3 is 2.48 bits per heavy atom. The number of aliphatic imine (C=N–C) groups is 1. The smallest absolute Gasteiger partial charge is 0.191 e. The van der Waals surface area contributed by atoms with Crippen LogP contribution in [0.5, 0.6) is 0 Å². The summed E-state index contributed by atoms with van der Waals surface area (Å²) in [5.74, 6) is -0.354. The Balaban J connectivity index is 1.44. The minimum atomic E-state index is -3.70. The van der Waals surface area contributed by atoms with Gasteiger partial charge in [0.05, 0.1) is 5.75 Å². The van der Waals surface area contributed by atoms with Crippen LogP contribution in [0.15, 0.2) is 58.4 Å². The van der Waals surface area contributed by atoms with Crippen molar-refractivity contribution < 1.29 is 12.8 Å². The number of aryl methyl sites for hydroxylation is 1. The molecule has 2 aromatic rings. The van der Waals surface area contributed by atoms with Crippen LogP contribution in [0.4, 0.5) is 4.39 Å². The second kappa shape index (κ2) is 10.7. The lowest BCUT2D eigenvalue weighted by atomic mass is 10.0. The van der Waals surface area contributed by atoms with Crippen LogP contribution in [-0.2, 0) is 16.4 Å². The van der Waals surface area contributed by atoms with E-state index in [-0.39, 0.29) is 23.2 Å². The van der Waals surface area contributed by atoms with Crippen LogP contribution in [-0.4, -0.2) is 57.8 Å². The minimum Gasteiger partial charge on any atom is -0.355 e. The molecular formula is C23H31FN4O2S. The Hall–Kier alpha value is -2.45. The topological polar surface area (TPSA) is 73.8 Å². The highest BCUT2D eigenvalue weighted by Gasteiger charge is 2.21. The van der Waals surface area contributed by atoms with E-state index in [0.717, 1.165) is 38.5 Å².